The number of imidazole rings is 1. The zero-order chi connectivity index (χ0) is 27.1. The second-order valence-corrected chi connectivity index (χ2v) is 10.1. The van der Waals surface area contributed by atoms with Crippen molar-refractivity contribution in [3.8, 4) is 39.5 Å². The van der Waals surface area contributed by atoms with E-state index in [4.69, 9.17) is 15.5 Å². The summed E-state index contributed by atoms with van der Waals surface area (Å²) in [6, 6.07) is 14.5. The Morgan fingerprint density at radius 3 is 2.75 bits per heavy atom. The number of fused-ring (bicyclic) bond motifs is 2. The van der Waals surface area contributed by atoms with E-state index in [2.05, 4.69) is 30.0 Å². The fraction of sp³-hybridized carbons (Fsp3) is 0.200. The summed E-state index contributed by atoms with van der Waals surface area (Å²) in [6.45, 7) is 3.54. The Hall–Kier alpha value is -4.83. The van der Waals surface area contributed by atoms with Crippen LogP contribution in [0, 0.1) is 5.82 Å². The number of hydrogen-bond acceptors (Lipinski definition) is 7. The summed E-state index contributed by atoms with van der Waals surface area (Å²) in [6.07, 6.45) is 7.53. The Labute approximate surface area is 229 Å². The molecule has 7 rings (SSSR count). The van der Waals surface area contributed by atoms with Crippen LogP contribution >= 0.6 is 0 Å². The van der Waals surface area contributed by atoms with Gasteiger partial charge in [0.05, 0.1) is 11.2 Å². The lowest BCUT2D eigenvalue weighted by molar-refractivity contribution is 0.237. The number of hydrogen-bond donors (Lipinski definition) is 3. The average Bonchev–Trinajstić information content (AvgIpc) is 3.72. The van der Waals surface area contributed by atoms with Crippen LogP contribution in [0.15, 0.2) is 67.1 Å². The van der Waals surface area contributed by atoms with Crippen molar-refractivity contribution in [1.82, 2.24) is 35.0 Å². The van der Waals surface area contributed by atoms with Gasteiger partial charge in [-0.15, -0.1) is 0 Å². The monoisotopic (exact) mass is 534 g/mol. The van der Waals surface area contributed by atoms with E-state index in [1.807, 2.05) is 36.4 Å². The van der Waals surface area contributed by atoms with Gasteiger partial charge in [-0.1, -0.05) is 6.07 Å². The van der Waals surface area contributed by atoms with Crippen LogP contribution in [0.2, 0.25) is 0 Å². The molecule has 200 valence electrons. The second-order valence-electron chi connectivity index (χ2n) is 10.1. The SMILES string of the molecule is Nc1cncc(-c2ccc3[nH]nc(-c4nc5c(-c6cc(F)cc(OCCN7CCCC7)c6)ccnc5[nH]4)c3c2)c1. The molecule has 2 aromatic carbocycles. The summed E-state index contributed by atoms with van der Waals surface area (Å²) in [5.74, 6) is 0.690. The van der Waals surface area contributed by atoms with Crippen LogP contribution in [0.3, 0.4) is 0 Å². The van der Waals surface area contributed by atoms with Gasteiger partial charge in [0.25, 0.3) is 0 Å². The number of nitrogen functional groups attached to an aromatic ring is 1. The zero-order valence-electron chi connectivity index (χ0n) is 21.7. The number of ether oxygens (including phenoxy) is 1. The third kappa shape index (κ3) is 4.62. The quantitative estimate of drug-likeness (QED) is 0.250. The molecule has 40 heavy (non-hydrogen) atoms. The molecule has 0 unspecified atom stereocenters. The van der Waals surface area contributed by atoms with Crippen LogP contribution in [0.5, 0.6) is 5.75 Å². The molecule has 4 aromatic heterocycles. The van der Waals surface area contributed by atoms with Gasteiger partial charge in [0.1, 0.15) is 29.4 Å². The Kier molecular flexibility index (Phi) is 6.09. The number of rotatable bonds is 7. The third-order valence-corrected chi connectivity index (χ3v) is 7.32. The Morgan fingerprint density at radius 2 is 1.88 bits per heavy atom. The van der Waals surface area contributed by atoms with Gasteiger partial charge in [-0.3, -0.25) is 15.0 Å². The number of aromatic amines is 2. The Bertz CT molecular complexity index is 1840. The van der Waals surface area contributed by atoms with Gasteiger partial charge in [-0.25, -0.2) is 14.4 Å². The number of halogens is 1. The molecule has 1 saturated heterocycles. The molecule has 4 N–H and O–H groups in total. The maximum absolute atomic E-state index is 14.7. The normalized spacial score (nSPS) is 13.9. The van der Waals surface area contributed by atoms with Gasteiger partial charge in [-0.2, -0.15) is 5.10 Å². The van der Waals surface area contributed by atoms with E-state index in [1.54, 1.807) is 18.6 Å². The number of nitrogens with two attached hydrogens (primary N) is 1. The lowest BCUT2D eigenvalue weighted by Crippen LogP contribution is -2.25. The molecule has 0 amide bonds. The number of benzene rings is 2. The molecule has 0 aliphatic carbocycles. The highest BCUT2D eigenvalue weighted by Crippen LogP contribution is 2.34. The summed E-state index contributed by atoms with van der Waals surface area (Å²) in [4.78, 5) is 19.2. The van der Waals surface area contributed by atoms with E-state index in [9.17, 15) is 4.39 Å². The summed E-state index contributed by atoms with van der Waals surface area (Å²) >= 11 is 0. The van der Waals surface area contributed by atoms with Crippen molar-refractivity contribution in [3.63, 3.8) is 0 Å². The molecule has 9 nitrogen and oxygen atoms in total. The van der Waals surface area contributed by atoms with Crippen molar-refractivity contribution in [2.75, 3.05) is 32.0 Å². The fourth-order valence-corrected chi connectivity index (χ4v) is 5.35. The van der Waals surface area contributed by atoms with E-state index < -0.39 is 0 Å². The molecule has 10 heteroatoms. The molecule has 5 heterocycles. The van der Waals surface area contributed by atoms with E-state index in [0.717, 1.165) is 47.2 Å². The van der Waals surface area contributed by atoms with Crippen molar-refractivity contribution in [2.45, 2.75) is 12.8 Å². The Morgan fingerprint density at radius 1 is 0.975 bits per heavy atom. The van der Waals surface area contributed by atoms with Crippen molar-refractivity contribution in [1.29, 1.82) is 0 Å². The van der Waals surface area contributed by atoms with E-state index in [0.29, 0.717) is 46.3 Å². The van der Waals surface area contributed by atoms with Crippen molar-refractivity contribution < 1.29 is 9.13 Å². The first-order valence-corrected chi connectivity index (χ1v) is 13.3. The third-order valence-electron chi connectivity index (χ3n) is 7.32. The predicted octanol–water partition coefficient (Wildman–Crippen LogP) is 5.43. The first-order valence-electron chi connectivity index (χ1n) is 13.3. The molecule has 1 aliphatic heterocycles. The van der Waals surface area contributed by atoms with Crippen LogP contribution in [0.4, 0.5) is 10.1 Å². The largest absolute Gasteiger partial charge is 0.492 e. The molecule has 0 bridgehead atoms. The average molecular weight is 535 g/mol. The molecule has 0 saturated carbocycles. The minimum Gasteiger partial charge on any atom is -0.492 e. The number of anilines is 1. The summed E-state index contributed by atoms with van der Waals surface area (Å²) in [5.41, 5.74) is 12.6. The second kappa shape index (κ2) is 10.0. The molecule has 0 radical (unpaired) electrons. The van der Waals surface area contributed by atoms with Gasteiger partial charge in [0.2, 0.25) is 0 Å². The molecule has 0 atom stereocenters. The highest BCUT2D eigenvalue weighted by molar-refractivity contribution is 5.97. The predicted molar refractivity (Wildman–Crippen MR) is 153 cm³/mol. The fourth-order valence-electron chi connectivity index (χ4n) is 5.35. The molecular weight excluding hydrogens is 507 g/mol. The van der Waals surface area contributed by atoms with Gasteiger partial charge in [-0.05, 0) is 73.5 Å². The standard InChI is InChI=1S/C30H27FN8O/c31-21-11-19(13-23(15-21)40-10-9-39-7-1-2-8-39)24-5-6-34-29-27(24)35-30(36-29)28-25-14-18(3-4-26(25)37-38-28)20-12-22(32)17-33-16-20/h3-6,11-17H,1-2,7-10,32H2,(H,37,38)(H,34,35,36). The highest BCUT2D eigenvalue weighted by atomic mass is 19.1. The number of H-pyrrole nitrogens is 2. The highest BCUT2D eigenvalue weighted by Gasteiger charge is 2.18. The number of nitrogens with zero attached hydrogens (tertiary/aromatic N) is 5. The van der Waals surface area contributed by atoms with Gasteiger partial charge < -0.3 is 15.5 Å². The van der Waals surface area contributed by atoms with E-state index in [-0.39, 0.29) is 5.82 Å². The topological polar surface area (TPSA) is 122 Å². The summed E-state index contributed by atoms with van der Waals surface area (Å²) in [7, 11) is 0. The van der Waals surface area contributed by atoms with Crippen LogP contribution in [-0.2, 0) is 0 Å². The summed E-state index contributed by atoms with van der Waals surface area (Å²) < 4.78 is 20.6. The van der Waals surface area contributed by atoms with Crippen LogP contribution in [0.25, 0.3) is 55.8 Å². The van der Waals surface area contributed by atoms with Crippen molar-refractivity contribution >= 4 is 27.8 Å². The van der Waals surface area contributed by atoms with Gasteiger partial charge >= 0.3 is 0 Å². The molecule has 1 aliphatic rings. The number of likely N-dealkylation sites (tertiary alicyclic amines) is 1. The van der Waals surface area contributed by atoms with Gasteiger partial charge in [0.15, 0.2) is 11.5 Å². The minimum absolute atomic E-state index is 0.365. The van der Waals surface area contributed by atoms with Crippen molar-refractivity contribution in [2.24, 2.45) is 0 Å². The van der Waals surface area contributed by atoms with E-state index >= 15 is 0 Å². The number of aromatic nitrogens is 6. The van der Waals surface area contributed by atoms with E-state index in [1.165, 1.54) is 25.0 Å². The first kappa shape index (κ1) is 24.2. The zero-order valence-corrected chi connectivity index (χ0v) is 21.7. The lowest BCUT2D eigenvalue weighted by atomic mass is 10.0. The molecular formula is C30H27FN8O. The first-order chi connectivity index (χ1) is 19.6. The molecule has 6 aromatic rings. The minimum atomic E-state index is -0.365. The van der Waals surface area contributed by atoms with Crippen LogP contribution in [-0.4, -0.2) is 61.3 Å². The number of pyridine rings is 2. The van der Waals surface area contributed by atoms with Crippen LogP contribution < -0.4 is 10.5 Å². The maximum atomic E-state index is 14.7. The molecule has 0 spiro atoms. The maximum Gasteiger partial charge on any atom is 0.160 e. The number of nitrogens with one attached hydrogen (secondary N) is 2. The summed E-state index contributed by atoms with van der Waals surface area (Å²) in [5, 5.41) is 8.51. The Balaban J connectivity index is 1.23. The lowest BCUT2D eigenvalue weighted by Gasteiger charge is -2.15. The smallest absolute Gasteiger partial charge is 0.160 e. The van der Waals surface area contributed by atoms with Crippen molar-refractivity contribution in [3.05, 3.63) is 72.9 Å². The van der Waals surface area contributed by atoms with Gasteiger partial charge in [0, 0.05) is 47.7 Å². The molecule has 1 fully saturated rings. The van der Waals surface area contributed by atoms with Crippen LogP contribution in [0.1, 0.15) is 12.8 Å².